The van der Waals surface area contributed by atoms with E-state index in [1.807, 2.05) is 6.07 Å². The molecular formula is C22H16BrF6N7O2. The lowest BCUT2D eigenvalue weighted by atomic mass is 9.93. The molecular weight excluding hydrogens is 588 g/mol. The van der Waals surface area contributed by atoms with Gasteiger partial charge in [-0.3, -0.25) is 4.79 Å². The smallest absolute Gasteiger partial charge is 0.422 e. The van der Waals surface area contributed by atoms with Gasteiger partial charge in [-0.15, -0.1) is 5.10 Å². The van der Waals surface area contributed by atoms with Gasteiger partial charge in [0.25, 0.3) is 11.9 Å². The SMILES string of the molecule is CC(NC(=O)c1cc(C(F)(F)F)cc(C2(C#N)CC2)c1)c1nc(Br)nn1-c1ncc(OCC(F)(F)F)cn1. The molecule has 200 valence electrons. The van der Waals surface area contributed by atoms with Crippen LogP contribution in [0.1, 0.15) is 53.1 Å². The summed E-state index contributed by atoms with van der Waals surface area (Å²) in [7, 11) is 0. The number of ether oxygens (including phenoxy) is 1. The number of halogens is 7. The summed E-state index contributed by atoms with van der Waals surface area (Å²) in [5.74, 6) is -1.16. The molecule has 16 heteroatoms. The Morgan fingerprint density at radius 3 is 2.42 bits per heavy atom. The van der Waals surface area contributed by atoms with Crippen molar-refractivity contribution >= 4 is 21.8 Å². The maximum absolute atomic E-state index is 13.5. The topological polar surface area (TPSA) is 119 Å². The van der Waals surface area contributed by atoms with Crippen LogP contribution in [0.15, 0.2) is 35.3 Å². The lowest BCUT2D eigenvalue weighted by molar-refractivity contribution is -0.153. The van der Waals surface area contributed by atoms with Crippen molar-refractivity contribution in [1.29, 1.82) is 5.26 Å². The number of amides is 1. The van der Waals surface area contributed by atoms with E-state index in [2.05, 4.69) is 46.0 Å². The van der Waals surface area contributed by atoms with E-state index in [4.69, 9.17) is 0 Å². The Hall–Kier alpha value is -3.74. The van der Waals surface area contributed by atoms with Gasteiger partial charge in [-0.1, -0.05) is 0 Å². The summed E-state index contributed by atoms with van der Waals surface area (Å²) in [4.78, 5) is 24.9. The molecule has 1 amide bonds. The minimum atomic E-state index is -4.74. The highest BCUT2D eigenvalue weighted by atomic mass is 79.9. The van der Waals surface area contributed by atoms with Crippen molar-refractivity contribution in [3.63, 3.8) is 0 Å². The van der Waals surface area contributed by atoms with Gasteiger partial charge in [0.1, 0.15) is 0 Å². The van der Waals surface area contributed by atoms with Gasteiger partial charge in [-0.25, -0.2) is 15.0 Å². The number of benzene rings is 1. The first-order valence-electron chi connectivity index (χ1n) is 10.8. The Morgan fingerprint density at radius 2 is 1.87 bits per heavy atom. The fourth-order valence-electron chi connectivity index (χ4n) is 3.52. The first-order valence-corrected chi connectivity index (χ1v) is 11.6. The van der Waals surface area contributed by atoms with Crippen molar-refractivity contribution < 1.29 is 35.9 Å². The molecule has 0 aliphatic heterocycles. The Labute approximate surface area is 219 Å². The number of hydrogen-bond donors (Lipinski definition) is 1. The summed E-state index contributed by atoms with van der Waals surface area (Å²) in [6.45, 7) is -0.0521. The lowest BCUT2D eigenvalue weighted by Gasteiger charge is -2.17. The summed E-state index contributed by atoms with van der Waals surface area (Å²) in [6, 6.07) is 3.92. The van der Waals surface area contributed by atoms with Crippen molar-refractivity contribution in [2.75, 3.05) is 6.61 Å². The van der Waals surface area contributed by atoms with Crippen molar-refractivity contribution in [3.05, 3.63) is 57.8 Å². The minimum Gasteiger partial charge on any atom is -0.481 e. The highest BCUT2D eigenvalue weighted by molar-refractivity contribution is 9.10. The second-order valence-electron chi connectivity index (χ2n) is 8.46. The van der Waals surface area contributed by atoms with Gasteiger partial charge >= 0.3 is 12.4 Å². The molecule has 1 aliphatic rings. The van der Waals surface area contributed by atoms with Gasteiger partial charge in [0, 0.05) is 5.56 Å². The predicted octanol–water partition coefficient (Wildman–Crippen LogP) is 4.83. The summed E-state index contributed by atoms with van der Waals surface area (Å²) >= 11 is 3.08. The van der Waals surface area contributed by atoms with Gasteiger partial charge in [0.05, 0.1) is 35.5 Å². The minimum absolute atomic E-state index is 0.0562. The number of rotatable bonds is 7. The molecule has 2 aromatic heterocycles. The molecule has 0 spiro atoms. The van der Waals surface area contributed by atoms with Gasteiger partial charge in [-0.2, -0.15) is 36.3 Å². The molecule has 9 nitrogen and oxygen atoms in total. The highest BCUT2D eigenvalue weighted by Gasteiger charge is 2.46. The van der Waals surface area contributed by atoms with Crippen LogP contribution >= 0.6 is 15.9 Å². The van der Waals surface area contributed by atoms with Crippen molar-refractivity contribution in [2.45, 2.75) is 43.6 Å². The van der Waals surface area contributed by atoms with Gasteiger partial charge in [-0.05, 0) is 59.5 Å². The van der Waals surface area contributed by atoms with Crippen LogP contribution in [0.5, 0.6) is 5.75 Å². The molecule has 1 N–H and O–H groups in total. The first kappa shape index (κ1) is 27.3. The van der Waals surface area contributed by atoms with E-state index < -0.39 is 41.9 Å². The molecule has 1 fully saturated rings. The lowest BCUT2D eigenvalue weighted by Crippen LogP contribution is -2.29. The Kier molecular flexibility index (Phi) is 7.08. The molecule has 1 unspecified atom stereocenters. The van der Waals surface area contributed by atoms with Gasteiger partial charge < -0.3 is 10.1 Å². The molecule has 4 rings (SSSR count). The maximum atomic E-state index is 13.5. The maximum Gasteiger partial charge on any atom is 0.422 e. The number of carbonyl (C=O) groups excluding carboxylic acids is 1. The molecule has 0 saturated heterocycles. The molecule has 1 aliphatic carbocycles. The summed E-state index contributed by atoms with van der Waals surface area (Å²) in [5.41, 5.74) is -2.29. The molecule has 38 heavy (non-hydrogen) atoms. The van der Waals surface area contributed by atoms with Crippen LogP contribution in [0.2, 0.25) is 0 Å². The number of nitrogens with zero attached hydrogens (tertiary/aromatic N) is 6. The van der Waals surface area contributed by atoms with E-state index in [1.54, 1.807) is 0 Å². The number of hydrogen-bond acceptors (Lipinski definition) is 7. The van der Waals surface area contributed by atoms with Crippen LogP contribution in [0.25, 0.3) is 5.95 Å². The van der Waals surface area contributed by atoms with Crippen molar-refractivity contribution in [1.82, 2.24) is 30.0 Å². The third-order valence-electron chi connectivity index (χ3n) is 5.59. The molecule has 0 bridgehead atoms. The zero-order valence-electron chi connectivity index (χ0n) is 19.2. The summed E-state index contributed by atoms with van der Waals surface area (Å²) in [6.07, 6.45) is -6.53. The zero-order chi connectivity index (χ0) is 27.9. The summed E-state index contributed by atoms with van der Waals surface area (Å²) < 4.78 is 83.3. The Balaban J connectivity index is 1.57. The molecule has 1 aromatic carbocycles. The number of aromatic nitrogens is 5. The normalized spacial score (nSPS) is 15.4. The van der Waals surface area contributed by atoms with Crippen molar-refractivity contribution in [3.8, 4) is 17.8 Å². The highest BCUT2D eigenvalue weighted by Crippen LogP contribution is 2.48. The van der Waals surface area contributed by atoms with Gasteiger partial charge in [0.2, 0.25) is 4.73 Å². The quantitative estimate of drug-likeness (QED) is 0.384. The predicted molar refractivity (Wildman–Crippen MR) is 120 cm³/mol. The number of nitrogens with one attached hydrogen (secondary N) is 1. The third kappa shape index (κ3) is 6.04. The number of carbonyl (C=O) groups is 1. The average molecular weight is 604 g/mol. The summed E-state index contributed by atoms with van der Waals surface area (Å²) in [5, 5.41) is 16.0. The van der Waals surface area contributed by atoms with Crippen molar-refractivity contribution in [2.24, 2.45) is 0 Å². The number of alkyl halides is 6. The van der Waals surface area contributed by atoms with E-state index in [1.165, 1.54) is 13.0 Å². The van der Waals surface area contributed by atoms with Crippen LogP contribution in [0.3, 0.4) is 0 Å². The fraction of sp³-hybridized carbons (Fsp3) is 0.364. The number of nitriles is 1. The average Bonchev–Trinajstić information content (AvgIpc) is 3.56. The molecule has 3 aromatic rings. The van der Waals surface area contributed by atoms with Crippen LogP contribution < -0.4 is 10.1 Å². The molecule has 0 radical (unpaired) electrons. The van der Waals surface area contributed by atoms with Gasteiger partial charge in [0.15, 0.2) is 18.2 Å². The molecule has 1 atom stereocenters. The third-order valence-corrected chi connectivity index (χ3v) is 5.92. The monoisotopic (exact) mass is 603 g/mol. The first-order chi connectivity index (χ1) is 17.7. The van der Waals surface area contributed by atoms with Crippen LogP contribution in [0.4, 0.5) is 26.3 Å². The fourth-order valence-corrected chi connectivity index (χ4v) is 3.86. The van der Waals surface area contributed by atoms with Crippen LogP contribution in [-0.4, -0.2) is 43.4 Å². The zero-order valence-corrected chi connectivity index (χ0v) is 20.8. The second-order valence-corrected chi connectivity index (χ2v) is 9.17. The van der Waals surface area contributed by atoms with Crippen LogP contribution in [-0.2, 0) is 11.6 Å². The standard InChI is InChI=1S/C22H16BrF6N7O2/c1-11(16-34-18(23)35-36(16)19-31-7-15(8-32-19)38-10-21(24,25)26)33-17(37)12-4-13(20(9-30)2-3-20)6-14(5-12)22(27,28)29/h4-8,11H,2-3,10H2,1H3,(H,33,37). The molecule has 2 heterocycles. The van der Waals surface area contributed by atoms with E-state index in [-0.39, 0.29) is 33.4 Å². The van der Waals surface area contributed by atoms with E-state index >= 15 is 0 Å². The second kappa shape index (κ2) is 9.86. The molecule has 1 saturated carbocycles. The van der Waals surface area contributed by atoms with E-state index in [0.717, 1.165) is 23.1 Å². The van der Waals surface area contributed by atoms with Crippen LogP contribution in [0, 0.1) is 11.3 Å². The van der Waals surface area contributed by atoms with E-state index in [9.17, 15) is 36.4 Å². The Morgan fingerprint density at radius 1 is 1.21 bits per heavy atom. The Bertz CT molecular complexity index is 1400. The largest absolute Gasteiger partial charge is 0.481 e. The van der Waals surface area contributed by atoms with E-state index in [0.29, 0.717) is 18.9 Å².